The third kappa shape index (κ3) is 3.40. The van der Waals surface area contributed by atoms with E-state index in [4.69, 9.17) is 9.97 Å². The van der Waals surface area contributed by atoms with E-state index < -0.39 is 0 Å². The number of hydrogen-bond donors (Lipinski definition) is 0. The summed E-state index contributed by atoms with van der Waals surface area (Å²) in [5.74, 6) is 1.34. The molecule has 3 heterocycles. The van der Waals surface area contributed by atoms with Crippen LogP contribution in [0.2, 0.25) is 0 Å². The molecular weight excluding hydrogens is 354 g/mol. The number of hydrogen-bond acceptors (Lipinski definition) is 5. The fraction of sp³-hybridized carbons (Fsp3) is 0.238. The molecule has 6 heteroatoms. The van der Waals surface area contributed by atoms with Crippen molar-refractivity contribution in [3.8, 4) is 22.1 Å². The van der Waals surface area contributed by atoms with Gasteiger partial charge in [0.2, 0.25) is 0 Å². The van der Waals surface area contributed by atoms with Crippen LogP contribution >= 0.6 is 11.3 Å². The summed E-state index contributed by atoms with van der Waals surface area (Å²) < 4.78 is 2.32. The van der Waals surface area contributed by atoms with Crippen LogP contribution in [0.1, 0.15) is 30.1 Å². The Balaban J connectivity index is 1.36. The van der Waals surface area contributed by atoms with E-state index in [1.54, 1.807) is 23.7 Å². The molecule has 4 aromatic rings. The van der Waals surface area contributed by atoms with Gasteiger partial charge in [0, 0.05) is 47.9 Å². The van der Waals surface area contributed by atoms with Gasteiger partial charge in [0.1, 0.15) is 0 Å². The van der Waals surface area contributed by atoms with E-state index in [0.717, 1.165) is 29.4 Å². The summed E-state index contributed by atoms with van der Waals surface area (Å²) in [6, 6.07) is 12.3. The molecule has 0 aliphatic heterocycles. The Bertz CT molecular complexity index is 1030. The highest BCUT2D eigenvalue weighted by atomic mass is 32.1. The minimum absolute atomic E-state index is 0.645. The maximum atomic E-state index is 4.74. The number of benzene rings is 1. The van der Waals surface area contributed by atoms with Crippen LogP contribution in [0.5, 0.6) is 0 Å². The topological polar surface area (TPSA) is 56.5 Å². The highest BCUT2D eigenvalue weighted by Crippen LogP contribution is 2.44. The van der Waals surface area contributed by atoms with Gasteiger partial charge in [0.05, 0.1) is 17.7 Å². The quantitative estimate of drug-likeness (QED) is 0.496. The predicted molar refractivity (Wildman–Crippen MR) is 106 cm³/mol. The molecule has 0 spiro atoms. The standard InChI is InChI=1S/C21H19N5S/c1-2-5-15(6-3-1)18-19(16-7-8-16)26(14-24-18)12-9-17-13-27-21(25-17)20-22-10-4-11-23-20/h1-6,10-11,13-14,16H,7-9,12H2. The molecule has 0 saturated heterocycles. The van der Waals surface area contributed by atoms with Crippen LogP contribution in [-0.4, -0.2) is 24.5 Å². The van der Waals surface area contributed by atoms with E-state index in [9.17, 15) is 0 Å². The third-order valence-electron chi connectivity index (χ3n) is 4.81. The van der Waals surface area contributed by atoms with Crippen molar-refractivity contribution in [3.05, 3.63) is 71.9 Å². The summed E-state index contributed by atoms with van der Waals surface area (Å²) in [5.41, 5.74) is 4.80. The van der Waals surface area contributed by atoms with Gasteiger partial charge in [-0.15, -0.1) is 11.3 Å². The number of thiazole rings is 1. The van der Waals surface area contributed by atoms with Crippen molar-refractivity contribution < 1.29 is 0 Å². The van der Waals surface area contributed by atoms with Gasteiger partial charge in [0.25, 0.3) is 0 Å². The smallest absolute Gasteiger partial charge is 0.188 e. The number of aromatic nitrogens is 5. The van der Waals surface area contributed by atoms with E-state index in [0.29, 0.717) is 11.7 Å². The summed E-state index contributed by atoms with van der Waals surface area (Å²) in [4.78, 5) is 18.0. The Morgan fingerprint density at radius 1 is 1.00 bits per heavy atom. The molecule has 1 fully saturated rings. The van der Waals surface area contributed by atoms with Gasteiger partial charge in [0.15, 0.2) is 10.8 Å². The molecule has 1 aliphatic carbocycles. The molecule has 1 aromatic carbocycles. The molecule has 0 unspecified atom stereocenters. The Kier molecular flexibility index (Phi) is 4.26. The first kappa shape index (κ1) is 16.3. The van der Waals surface area contributed by atoms with E-state index in [1.165, 1.54) is 24.1 Å². The van der Waals surface area contributed by atoms with Gasteiger partial charge in [-0.25, -0.2) is 19.9 Å². The normalized spacial score (nSPS) is 13.8. The van der Waals surface area contributed by atoms with Gasteiger partial charge < -0.3 is 4.57 Å². The van der Waals surface area contributed by atoms with Gasteiger partial charge >= 0.3 is 0 Å². The second-order valence-electron chi connectivity index (χ2n) is 6.78. The van der Waals surface area contributed by atoms with E-state index in [2.05, 4.69) is 44.2 Å². The van der Waals surface area contributed by atoms with Crippen LogP contribution in [0.4, 0.5) is 0 Å². The van der Waals surface area contributed by atoms with Crippen molar-refractivity contribution >= 4 is 11.3 Å². The second kappa shape index (κ2) is 7.04. The van der Waals surface area contributed by atoms with E-state index >= 15 is 0 Å². The van der Waals surface area contributed by atoms with E-state index in [-0.39, 0.29) is 0 Å². The average molecular weight is 373 g/mol. The summed E-state index contributed by atoms with van der Waals surface area (Å²) in [7, 11) is 0. The first-order valence-electron chi connectivity index (χ1n) is 9.21. The average Bonchev–Trinajstić information content (AvgIpc) is 3.30. The van der Waals surface area contributed by atoms with Crippen molar-refractivity contribution in [2.75, 3.05) is 0 Å². The molecule has 0 bridgehead atoms. The summed E-state index contributed by atoms with van der Waals surface area (Å²) in [6.07, 6.45) is 8.90. The molecule has 0 radical (unpaired) electrons. The molecular formula is C21H19N5S. The minimum atomic E-state index is 0.645. The van der Waals surface area contributed by atoms with Crippen LogP contribution in [0.3, 0.4) is 0 Å². The Morgan fingerprint density at radius 2 is 1.81 bits per heavy atom. The molecule has 5 nitrogen and oxygen atoms in total. The largest absolute Gasteiger partial charge is 0.333 e. The van der Waals surface area contributed by atoms with Crippen molar-refractivity contribution in [2.24, 2.45) is 0 Å². The Morgan fingerprint density at radius 3 is 2.59 bits per heavy atom. The molecule has 1 aliphatic rings. The molecule has 5 rings (SSSR count). The molecule has 134 valence electrons. The van der Waals surface area contributed by atoms with Crippen LogP contribution in [0.15, 0.2) is 60.5 Å². The summed E-state index contributed by atoms with van der Waals surface area (Å²) in [5, 5.41) is 2.99. The lowest BCUT2D eigenvalue weighted by molar-refractivity contribution is 0.655. The highest BCUT2D eigenvalue weighted by Gasteiger charge is 2.30. The van der Waals surface area contributed by atoms with Gasteiger partial charge in [-0.05, 0) is 18.9 Å². The molecule has 27 heavy (non-hydrogen) atoms. The molecule has 3 aromatic heterocycles. The van der Waals surface area contributed by atoms with Crippen LogP contribution in [0.25, 0.3) is 22.1 Å². The highest BCUT2D eigenvalue weighted by molar-refractivity contribution is 7.13. The maximum absolute atomic E-state index is 4.74. The van der Waals surface area contributed by atoms with Gasteiger partial charge in [-0.1, -0.05) is 30.3 Å². The van der Waals surface area contributed by atoms with Crippen molar-refractivity contribution in [3.63, 3.8) is 0 Å². The number of aryl methyl sites for hydroxylation is 2. The SMILES string of the molecule is c1ccc(-c2ncn(CCc3csc(-c4ncccn4)n3)c2C2CC2)cc1. The summed E-state index contributed by atoms with van der Waals surface area (Å²) in [6.45, 7) is 0.893. The Hall–Kier alpha value is -2.86. The zero-order valence-corrected chi connectivity index (χ0v) is 15.6. The maximum Gasteiger partial charge on any atom is 0.188 e. The lowest BCUT2D eigenvalue weighted by Gasteiger charge is -2.09. The van der Waals surface area contributed by atoms with Gasteiger partial charge in [-0.2, -0.15) is 0 Å². The van der Waals surface area contributed by atoms with Crippen molar-refractivity contribution in [2.45, 2.75) is 31.7 Å². The lowest BCUT2D eigenvalue weighted by Crippen LogP contribution is -2.04. The van der Waals surface area contributed by atoms with Crippen LogP contribution < -0.4 is 0 Å². The first-order valence-corrected chi connectivity index (χ1v) is 10.1. The van der Waals surface area contributed by atoms with Crippen LogP contribution in [0, 0.1) is 0 Å². The van der Waals surface area contributed by atoms with Crippen molar-refractivity contribution in [1.29, 1.82) is 0 Å². The molecule has 0 N–H and O–H groups in total. The predicted octanol–water partition coefficient (Wildman–Crippen LogP) is 4.58. The lowest BCUT2D eigenvalue weighted by atomic mass is 10.1. The van der Waals surface area contributed by atoms with Crippen molar-refractivity contribution in [1.82, 2.24) is 24.5 Å². The Labute approximate surface area is 161 Å². The molecule has 0 amide bonds. The van der Waals surface area contributed by atoms with Crippen LogP contribution in [-0.2, 0) is 13.0 Å². The third-order valence-corrected chi connectivity index (χ3v) is 5.69. The first-order chi connectivity index (χ1) is 13.4. The second-order valence-corrected chi connectivity index (χ2v) is 7.64. The van der Waals surface area contributed by atoms with E-state index in [1.807, 2.05) is 18.5 Å². The van der Waals surface area contributed by atoms with Gasteiger partial charge in [-0.3, -0.25) is 0 Å². The number of nitrogens with zero attached hydrogens (tertiary/aromatic N) is 5. The number of rotatable bonds is 6. The zero-order valence-electron chi connectivity index (χ0n) is 14.8. The molecule has 1 saturated carbocycles. The monoisotopic (exact) mass is 373 g/mol. The molecule has 0 atom stereocenters. The fourth-order valence-corrected chi connectivity index (χ4v) is 4.14. The zero-order chi connectivity index (χ0) is 18.1. The fourth-order valence-electron chi connectivity index (χ4n) is 3.34. The number of imidazole rings is 1. The minimum Gasteiger partial charge on any atom is -0.333 e. The summed E-state index contributed by atoms with van der Waals surface area (Å²) >= 11 is 1.60.